The van der Waals surface area contributed by atoms with E-state index in [1.54, 1.807) is 24.3 Å². The summed E-state index contributed by atoms with van der Waals surface area (Å²) in [6, 6.07) is 8.40. The number of nitrogens with one attached hydrogen (secondary N) is 1. The minimum absolute atomic E-state index is 0.113. The summed E-state index contributed by atoms with van der Waals surface area (Å²) in [6.45, 7) is 1.03. The first-order valence-electron chi connectivity index (χ1n) is 6.09. The Morgan fingerprint density at radius 2 is 2.00 bits per heavy atom. The molecule has 0 fully saturated rings. The van der Waals surface area contributed by atoms with Gasteiger partial charge < -0.3 is 19.9 Å². The Balaban J connectivity index is 1.90. The van der Waals surface area contributed by atoms with E-state index in [4.69, 9.17) is 14.6 Å². The lowest BCUT2D eigenvalue weighted by molar-refractivity contribution is 0.0697. The normalized spacial score (nSPS) is 12.8. The van der Waals surface area contributed by atoms with Crippen molar-refractivity contribution in [3.63, 3.8) is 0 Å². The number of carboxylic acid groups (broad SMARTS) is 1. The summed E-state index contributed by atoms with van der Waals surface area (Å²) in [4.78, 5) is 15.2. The SMILES string of the molecule is O=C(O)c1cccnc1Nc1ccc2c(c1)OCCO2. The molecule has 0 bridgehead atoms. The molecule has 0 saturated heterocycles. The molecule has 1 aromatic heterocycles. The highest BCUT2D eigenvalue weighted by atomic mass is 16.6. The van der Waals surface area contributed by atoms with Gasteiger partial charge in [-0.25, -0.2) is 9.78 Å². The van der Waals surface area contributed by atoms with Gasteiger partial charge in [0.05, 0.1) is 0 Å². The molecule has 0 radical (unpaired) electrons. The molecule has 0 unspecified atom stereocenters. The number of aromatic carboxylic acids is 1. The summed E-state index contributed by atoms with van der Waals surface area (Å²) >= 11 is 0. The van der Waals surface area contributed by atoms with E-state index in [1.165, 1.54) is 12.3 Å². The zero-order chi connectivity index (χ0) is 13.9. The van der Waals surface area contributed by atoms with Crippen molar-refractivity contribution in [2.75, 3.05) is 18.5 Å². The lowest BCUT2D eigenvalue weighted by Crippen LogP contribution is -2.15. The molecule has 0 aliphatic carbocycles. The number of aromatic nitrogens is 1. The number of nitrogens with zero attached hydrogens (tertiary/aromatic N) is 1. The van der Waals surface area contributed by atoms with Crippen LogP contribution in [0, 0.1) is 0 Å². The number of rotatable bonds is 3. The van der Waals surface area contributed by atoms with Crippen molar-refractivity contribution in [3.8, 4) is 11.5 Å². The zero-order valence-corrected chi connectivity index (χ0v) is 10.5. The van der Waals surface area contributed by atoms with Gasteiger partial charge in [-0.3, -0.25) is 0 Å². The number of pyridine rings is 1. The van der Waals surface area contributed by atoms with E-state index in [9.17, 15) is 4.79 Å². The monoisotopic (exact) mass is 272 g/mol. The Morgan fingerprint density at radius 3 is 2.80 bits per heavy atom. The summed E-state index contributed by atoms with van der Waals surface area (Å²) in [5.74, 6) is 0.574. The standard InChI is InChI=1S/C14H12N2O4/c17-14(18)10-2-1-5-15-13(10)16-9-3-4-11-12(8-9)20-7-6-19-11/h1-5,8H,6-7H2,(H,15,16)(H,17,18). The summed E-state index contributed by atoms with van der Waals surface area (Å²) in [5.41, 5.74) is 0.804. The lowest BCUT2D eigenvalue weighted by Gasteiger charge is -2.19. The quantitative estimate of drug-likeness (QED) is 0.892. The molecule has 0 spiro atoms. The van der Waals surface area contributed by atoms with E-state index in [0.29, 0.717) is 30.4 Å². The van der Waals surface area contributed by atoms with Crippen LogP contribution in [0.3, 0.4) is 0 Å². The maximum absolute atomic E-state index is 11.1. The van der Waals surface area contributed by atoms with Gasteiger partial charge in [-0.1, -0.05) is 0 Å². The van der Waals surface area contributed by atoms with Gasteiger partial charge in [0.15, 0.2) is 11.5 Å². The van der Waals surface area contributed by atoms with Crippen molar-refractivity contribution in [1.82, 2.24) is 4.98 Å². The van der Waals surface area contributed by atoms with E-state index < -0.39 is 5.97 Å². The average molecular weight is 272 g/mol. The third kappa shape index (κ3) is 2.35. The molecule has 6 heteroatoms. The third-order valence-electron chi connectivity index (χ3n) is 2.84. The fraction of sp³-hybridized carbons (Fsp3) is 0.143. The molecule has 102 valence electrons. The predicted octanol–water partition coefficient (Wildman–Crippen LogP) is 2.29. The van der Waals surface area contributed by atoms with Crippen LogP contribution in [0.2, 0.25) is 0 Å². The van der Waals surface area contributed by atoms with Crippen LogP contribution in [0.25, 0.3) is 0 Å². The van der Waals surface area contributed by atoms with Crippen LogP contribution >= 0.6 is 0 Å². The van der Waals surface area contributed by atoms with Crippen LogP contribution in [0.1, 0.15) is 10.4 Å². The van der Waals surface area contributed by atoms with Gasteiger partial charge in [-0.2, -0.15) is 0 Å². The topological polar surface area (TPSA) is 80.7 Å². The highest BCUT2D eigenvalue weighted by molar-refractivity contribution is 5.93. The van der Waals surface area contributed by atoms with Gasteiger partial charge in [0.2, 0.25) is 0 Å². The van der Waals surface area contributed by atoms with Crippen molar-refractivity contribution in [2.24, 2.45) is 0 Å². The van der Waals surface area contributed by atoms with Crippen molar-refractivity contribution in [2.45, 2.75) is 0 Å². The van der Waals surface area contributed by atoms with Crippen LogP contribution in [0.5, 0.6) is 11.5 Å². The Labute approximate surface area is 115 Å². The molecule has 0 amide bonds. The highest BCUT2D eigenvalue weighted by Crippen LogP contribution is 2.33. The molecule has 1 aromatic carbocycles. The van der Waals surface area contributed by atoms with E-state index >= 15 is 0 Å². The molecule has 2 N–H and O–H groups in total. The number of anilines is 2. The first-order chi connectivity index (χ1) is 9.74. The Kier molecular flexibility index (Phi) is 3.12. The van der Waals surface area contributed by atoms with E-state index in [1.807, 2.05) is 0 Å². The van der Waals surface area contributed by atoms with Gasteiger partial charge in [0, 0.05) is 18.0 Å². The Bertz CT molecular complexity index is 657. The molecule has 6 nitrogen and oxygen atoms in total. The molecular formula is C14H12N2O4. The first-order valence-corrected chi connectivity index (χ1v) is 6.09. The third-order valence-corrected chi connectivity index (χ3v) is 2.84. The maximum atomic E-state index is 11.1. The number of hydrogen-bond donors (Lipinski definition) is 2. The molecule has 20 heavy (non-hydrogen) atoms. The van der Waals surface area contributed by atoms with Gasteiger partial charge in [0.25, 0.3) is 0 Å². The summed E-state index contributed by atoms with van der Waals surface area (Å²) in [6.07, 6.45) is 1.53. The van der Waals surface area contributed by atoms with Crippen LogP contribution in [0.4, 0.5) is 11.5 Å². The zero-order valence-electron chi connectivity index (χ0n) is 10.5. The second-order valence-electron chi connectivity index (χ2n) is 4.19. The summed E-state index contributed by atoms with van der Waals surface area (Å²) < 4.78 is 10.9. The van der Waals surface area contributed by atoms with E-state index in [2.05, 4.69) is 10.3 Å². The van der Waals surface area contributed by atoms with E-state index in [0.717, 1.165) is 0 Å². The first kappa shape index (κ1) is 12.3. The van der Waals surface area contributed by atoms with Crippen molar-refractivity contribution < 1.29 is 19.4 Å². The van der Waals surface area contributed by atoms with Gasteiger partial charge in [0.1, 0.15) is 24.6 Å². The lowest BCUT2D eigenvalue weighted by atomic mass is 10.2. The maximum Gasteiger partial charge on any atom is 0.339 e. The van der Waals surface area contributed by atoms with Crippen LogP contribution in [-0.4, -0.2) is 29.3 Å². The second kappa shape index (κ2) is 5.08. The fourth-order valence-electron chi connectivity index (χ4n) is 1.94. The predicted molar refractivity (Wildman–Crippen MR) is 71.9 cm³/mol. The summed E-state index contributed by atoms with van der Waals surface area (Å²) in [7, 11) is 0. The van der Waals surface area contributed by atoms with Crippen LogP contribution in [0.15, 0.2) is 36.5 Å². The summed E-state index contributed by atoms with van der Waals surface area (Å²) in [5, 5.41) is 12.1. The number of fused-ring (bicyclic) bond motifs is 1. The minimum Gasteiger partial charge on any atom is -0.486 e. The molecule has 2 heterocycles. The molecule has 3 rings (SSSR count). The largest absolute Gasteiger partial charge is 0.486 e. The van der Waals surface area contributed by atoms with Crippen LogP contribution in [-0.2, 0) is 0 Å². The van der Waals surface area contributed by atoms with Gasteiger partial charge in [-0.05, 0) is 24.3 Å². The Morgan fingerprint density at radius 1 is 1.20 bits per heavy atom. The number of carboxylic acids is 1. The Hall–Kier alpha value is -2.76. The van der Waals surface area contributed by atoms with Gasteiger partial charge in [-0.15, -0.1) is 0 Å². The van der Waals surface area contributed by atoms with Crippen molar-refractivity contribution in [3.05, 3.63) is 42.1 Å². The molecule has 2 aromatic rings. The molecular weight excluding hydrogens is 260 g/mol. The molecule has 0 saturated carbocycles. The van der Waals surface area contributed by atoms with Crippen LogP contribution < -0.4 is 14.8 Å². The number of ether oxygens (including phenoxy) is 2. The molecule has 0 atom stereocenters. The second-order valence-corrected chi connectivity index (χ2v) is 4.19. The fourth-order valence-corrected chi connectivity index (χ4v) is 1.94. The number of carbonyl (C=O) groups is 1. The smallest absolute Gasteiger partial charge is 0.339 e. The molecule has 1 aliphatic rings. The van der Waals surface area contributed by atoms with Crippen molar-refractivity contribution >= 4 is 17.5 Å². The molecule has 1 aliphatic heterocycles. The average Bonchev–Trinajstić information content (AvgIpc) is 2.47. The number of hydrogen-bond acceptors (Lipinski definition) is 5. The van der Waals surface area contributed by atoms with Crippen molar-refractivity contribution in [1.29, 1.82) is 0 Å². The van der Waals surface area contributed by atoms with Gasteiger partial charge >= 0.3 is 5.97 Å². The minimum atomic E-state index is -1.03. The highest BCUT2D eigenvalue weighted by Gasteiger charge is 2.14. The van der Waals surface area contributed by atoms with E-state index in [-0.39, 0.29) is 11.4 Å². The number of benzene rings is 1.